The summed E-state index contributed by atoms with van der Waals surface area (Å²) in [5.41, 5.74) is 2.31. The lowest BCUT2D eigenvalue weighted by Gasteiger charge is -2.19. The Bertz CT molecular complexity index is 584. The van der Waals surface area contributed by atoms with Gasteiger partial charge in [-0.25, -0.2) is 0 Å². The van der Waals surface area contributed by atoms with E-state index >= 15 is 0 Å². The monoisotopic (exact) mass is 317 g/mol. The van der Waals surface area contributed by atoms with Crippen molar-refractivity contribution in [1.82, 2.24) is 15.1 Å². The molecule has 0 amide bonds. The van der Waals surface area contributed by atoms with Crippen LogP contribution >= 0.6 is 0 Å². The van der Waals surface area contributed by atoms with E-state index in [1.807, 2.05) is 19.1 Å². The largest absolute Gasteiger partial charge is 0.490 e. The molecule has 2 aromatic rings. The van der Waals surface area contributed by atoms with Crippen molar-refractivity contribution in [3.63, 3.8) is 0 Å². The van der Waals surface area contributed by atoms with Gasteiger partial charge in [-0.05, 0) is 51.1 Å². The first-order valence-corrected chi connectivity index (χ1v) is 8.21. The van der Waals surface area contributed by atoms with E-state index in [4.69, 9.17) is 9.47 Å². The van der Waals surface area contributed by atoms with Gasteiger partial charge in [0.25, 0.3) is 0 Å². The Morgan fingerprint density at radius 2 is 2.00 bits per heavy atom. The number of nitrogens with one attached hydrogen (secondary N) is 1. The van der Waals surface area contributed by atoms with Crippen molar-refractivity contribution in [3.8, 4) is 11.5 Å². The van der Waals surface area contributed by atoms with Gasteiger partial charge in [-0.1, -0.05) is 13.0 Å². The van der Waals surface area contributed by atoms with Crippen LogP contribution in [0.4, 0.5) is 0 Å². The Hall–Kier alpha value is -2.01. The summed E-state index contributed by atoms with van der Waals surface area (Å²) in [6.45, 7) is 8.47. The minimum atomic E-state index is 0.183. The van der Waals surface area contributed by atoms with E-state index in [1.165, 1.54) is 5.56 Å². The first kappa shape index (κ1) is 17.3. The summed E-state index contributed by atoms with van der Waals surface area (Å²) in [6.07, 6.45) is 2.93. The molecule has 0 fully saturated rings. The number of aromatic amines is 1. The van der Waals surface area contributed by atoms with Crippen LogP contribution in [0.1, 0.15) is 38.4 Å². The molecule has 0 aliphatic heterocycles. The number of nitrogens with zero attached hydrogens (tertiary/aromatic N) is 2. The quantitative estimate of drug-likeness (QED) is 0.767. The van der Waals surface area contributed by atoms with E-state index in [1.54, 1.807) is 6.20 Å². The summed E-state index contributed by atoms with van der Waals surface area (Å²) in [5, 5.41) is 6.97. The molecule has 0 aliphatic rings. The molecule has 0 unspecified atom stereocenters. The fraction of sp³-hybridized carbons (Fsp3) is 0.500. The van der Waals surface area contributed by atoms with Crippen molar-refractivity contribution in [2.45, 2.75) is 46.4 Å². The van der Waals surface area contributed by atoms with Gasteiger partial charge in [0.2, 0.25) is 0 Å². The van der Waals surface area contributed by atoms with E-state index in [0.717, 1.165) is 36.7 Å². The van der Waals surface area contributed by atoms with E-state index < -0.39 is 0 Å². The number of hydrogen-bond acceptors (Lipinski definition) is 4. The third-order valence-corrected chi connectivity index (χ3v) is 3.66. The van der Waals surface area contributed by atoms with Crippen LogP contribution in [0.2, 0.25) is 0 Å². The third-order valence-electron chi connectivity index (χ3n) is 3.66. The summed E-state index contributed by atoms with van der Waals surface area (Å²) in [5.74, 6) is 1.64. The molecule has 0 saturated carbocycles. The predicted octanol–water partition coefficient (Wildman–Crippen LogP) is 3.62. The molecule has 0 bridgehead atoms. The Morgan fingerprint density at radius 3 is 2.65 bits per heavy atom. The highest BCUT2D eigenvalue weighted by molar-refractivity contribution is 5.43. The van der Waals surface area contributed by atoms with Crippen LogP contribution in [0.25, 0.3) is 0 Å². The van der Waals surface area contributed by atoms with Gasteiger partial charge in [-0.3, -0.25) is 10.00 Å². The van der Waals surface area contributed by atoms with Crippen molar-refractivity contribution < 1.29 is 9.47 Å². The van der Waals surface area contributed by atoms with E-state index in [0.29, 0.717) is 6.61 Å². The number of benzene rings is 1. The zero-order chi connectivity index (χ0) is 16.7. The fourth-order valence-corrected chi connectivity index (χ4v) is 2.35. The maximum atomic E-state index is 5.94. The number of H-pyrrole nitrogens is 1. The van der Waals surface area contributed by atoms with Gasteiger partial charge in [-0.15, -0.1) is 0 Å². The summed E-state index contributed by atoms with van der Waals surface area (Å²) in [7, 11) is 2.09. The lowest BCUT2D eigenvalue weighted by molar-refractivity contribution is 0.203. The van der Waals surface area contributed by atoms with Crippen molar-refractivity contribution in [2.24, 2.45) is 0 Å². The molecule has 0 spiro atoms. The molecule has 1 N–H and O–H groups in total. The van der Waals surface area contributed by atoms with Crippen molar-refractivity contribution in [2.75, 3.05) is 13.7 Å². The predicted molar refractivity (Wildman–Crippen MR) is 91.8 cm³/mol. The Balaban J connectivity index is 2.05. The highest BCUT2D eigenvalue weighted by Crippen LogP contribution is 2.30. The van der Waals surface area contributed by atoms with Gasteiger partial charge >= 0.3 is 0 Å². The van der Waals surface area contributed by atoms with Gasteiger partial charge in [0.1, 0.15) is 0 Å². The summed E-state index contributed by atoms with van der Waals surface area (Å²) in [6, 6.07) is 8.18. The normalized spacial score (nSPS) is 12.4. The van der Waals surface area contributed by atoms with Gasteiger partial charge in [0.05, 0.1) is 12.7 Å². The molecule has 0 radical (unpaired) electrons. The van der Waals surface area contributed by atoms with Gasteiger partial charge in [-0.2, -0.15) is 5.10 Å². The minimum Gasteiger partial charge on any atom is -0.490 e. The average Bonchev–Trinajstić information content (AvgIpc) is 3.02. The summed E-state index contributed by atoms with van der Waals surface area (Å²) in [4.78, 5) is 2.23. The molecule has 0 aliphatic carbocycles. The summed E-state index contributed by atoms with van der Waals surface area (Å²) < 4.78 is 11.7. The van der Waals surface area contributed by atoms with Crippen LogP contribution in [0.5, 0.6) is 11.5 Å². The molecule has 1 atom stereocenters. The Labute approximate surface area is 138 Å². The zero-order valence-corrected chi connectivity index (χ0v) is 14.5. The number of hydrogen-bond donors (Lipinski definition) is 1. The van der Waals surface area contributed by atoms with E-state index in [-0.39, 0.29) is 6.10 Å². The molecule has 1 aromatic heterocycles. The van der Waals surface area contributed by atoms with E-state index in [9.17, 15) is 0 Å². The SMILES string of the molecule is CCOc1cc(CN(C)Cc2ccn[nH]2)ccc1O[C@H](C)CC. The van der Waals surface area contributed by atoms with Gasteiger partial charge in [0.15, 0.2) is 11.5 Å². The molecule has 1 aromatic carbocycles. The standard InChI is InChI=1S/C18H27N3O2/c1-5-14(3)23-17-8-7-15(11-18(17)22-6-2)12-21(4)13-16-9-10-19-20-16/h7-11,14H,5-6,12-13H2,1-4H3,(H,19,20)/t14-/m1/s1. The lowest BCUT2D eigenvalue weighted by atomic mass is 10.2. The molecule has 23 heavy (non-hydrogen) atoms. The highest BCUT2D eigenvalue weighted by atomic mass is 16.5. The van der Waals surface area contributed by atoms with Crippen LogP contribution in [0.15, 0.2) is 30.5 Å². The van der Waals surface area contributed by atoms with Crippen molar-refractivity contribution >= 4 is 0 Å². The van der Waals surface area contributed by atoms with Crippen LogP contribution in [0.3, 0.4) is 0 Å². The average molecular weight is 317 g/mol. The van der Waals surface area contributed by atoms with Crippen LogP contribution in [0, 0.1) is 0 Å². The molecule has 5 heteroatoms. The second-order valence-corrected chi connectivity index (χ2v) is 5.80. The van der Waals surface area contributed by atoms with E-state index in [2.05, 4.69) is 48.1 Å². The highest BCUT2D eigenvalue weighted by Gasteiger charge is 2.11. The van der Waals surface area contributed by atoms with Crippen LogP contribution in [-0.2, 0) is 13.1 Å². The second kappa shape index (κ2) is 8.58. The topological polar surface area (TPSA) is 50.4 Å². The molecule has 126 valence electrons. The molecular formula is C18H27N3O2. The third kappa shape index (κ3) is 5.28. The number of ether oxygens (including phenoxy) is 2. The first-order valence-electron chi connectivity index (χ1n) is 8.21. The lowest BCUT2D eigenvalue weighted by Crippen LogP contribution is -2.17. The van der Waals surface area contributed by atoms with Gasteiger partial charge in [0, 0.05) is 25.0 Å². The molecule has 2 rings (SSSR count). The Morgan fingerprint density at radius 1 is 1.17 bits per heavy atom. The van der Waals surface area contributed by atoms with Crippen molar-refractivity contribution in [1.29, 1.82) is 0 Å². The smallest absolute Gasteiger partial charge is 0.161 e. The van der Waals surface area contributed by atoms with Crippen molar-refractivity contribution in [3.05, 3.63) is 41.7 Å². The summed E-state index contributed by atoms with van der Waals surface area (Å²) >= 11 is 0. The second-order valence-electron chi connectivity index (χ2n) is 5.80. The minimum absolute atomic E-state index is 0.183. The fourth-order valence-electron chi connectivity index (χ4n) is 2.35. The molecular weight excluding hydrogens is 290 g/mol. The van der Waals surface area contributed by atoms with Crippen LogP contribution < -0.4 is 9.47 Å². The van der Waals surface area contributed by atoms with Gasteiger partial charge < -0.3 is 9.47 Å². The molecule has 1 heterocycles. The number of aromatic nitrogens is 2. The molecule has 0 saturated heterocycles. The maximum Gasteiger partial charge on any atom is 0.161 e. The maximum absolute atomic E-state index is 5.94. The first-order chi connectivity index (χ1) is 11.1. The Kier molecular flexibility index (Phi) is 6.47. The van der Waals surface area contributed by atoms with Crippen LogP contribution in [-0.4, -0.2) is 34.9 Å². The number of rotatable bonds is 9. The zero-order valence-electron chi connectivity index (χ0n) is 14.5. The molecule has 5 nitrogen and oxygen atoms in total.